The molecule has 3 aromatic heterocycles. The average Bonchev–Trinajstić information content (AvgIpc) is 3.20. The summed E-state index contributed by atoms with van der Waals surface area (Å²) < 4.78 is 0. The van der Waals surface area contributed by atoms with E-state index in [1.807, 2.05) is 36.4 Å². The van der Waals surface area contributed by atoms with Gasteiger partial charge < -0.3 is 0 Å². The van der Waals surface area contributed by atoms with Gasteiger partial charge in [-0.15, -0.1) is 0 Å². The normalized spacial score (nSPS) is 11.6. The lowest BCUT2D eigenvalue weighted by atomic mass is 9.99. The molecule has 0 aliphatic heterocycles. The summed E-state index contributed by atoms with van der Waals surface area (Å²) in [4.78, 5) is 15.5. The topological polar surface area (TPSA) is 38.7 Å². The van der Waals surface area contributed by atoms with E-state index >= 15 is 0 Å². The van der Waals surface area contributed by atoms with E-state index in [9.17, 15) is 0 Å². The molecule has 0 saturated carbocycles. The first-order valence-electron chi connectivity index (χ1n) is 17.2. The lowest BCUT2D eigenvalue weighted by Crippen LogP contribution is -1.92. The molecule has 9 rings (SSSR count). The maximum Gasteiger partial charge on any atom is 0.0972 e. The van der Waals surface area contributed by atoms with Gasteiger partial charge in [-0.05, 0) is 70.3 Å². The van der Waals surface area contributed by atoms with Crippen molar-refractivity contribution in [3.63, 3.8) is 0 Å². The van der Waals surface area contributed by atoms with Crippen LogP contribution in [0.2, 0.25) is 0 Å². The molecule has 0 radical (unpaired) electrons. The largest absolute Gasteiger partial charge is 0.247 e. The highest BCUT2D eigenvalue weighted by molar-refractivity contribution is 6.04. The van der Waals surface area contributed by atoms with Crippen molar-refractivity contribution in [2.45, 2.75) is 6.92 Å². The van der Waals surface area contributed by atoms with Crippen molar-refractivity contribution in [3.8, 4) is 33.8 Å². The van der Waals surface area contributed by atoms with Crippen molar-refractivity contribution in [2.24, 2.45) is 0 Å². The summed E-state index contributed by atoms with van der Waals surface area (Å²) in [5.41, 5.74) is 13.3. The molecule has 0 aliphatic rings. The van der Waals surface area contributed by atoms with E-state index in [1.165, 1.54) is 5.39 Å². The molecular formula is C48H33N3. The van der Waals surface area contributed by atoms with Crippen molar-refractivity contribution in [1.82, 2.24) is 15.0 Å². The van der Waals surface area contributed by atoms with E-state index < -0.39 is 0 Å². The molecule has 0 spiro atoms. The number of hydrogen-bond acceptors (Lipinski definition) is 3. The maximum absolute atomic E-state index is 5.21. The van der Waals surface area contributed by atoms with Crippen molar-refractivity contribution < 1.29 is 0 Å². The quantitative estimate of drug-likeness (QED) is 0.133. The van der Waals surface area contributed by atoms with Crippen LogP contribution in [0.15, 0.2) is 170 Å². The van der Waals surface area contributed by atoms with Crippen molar-refractivity contribution in [3.05, 3.63) is 187 Å². The van der Waals surface area contributed by atoms with Crippen LogP contribution in [0.3, 0.4) is 0 Å². The molecule has 9 aromatic rings. The second-order valence-electron chi connectivity index (χ2n) is 13.0. The Balaban J connectivity index is 1.07. The van der Waals surface area contributed by atoms with E-state index in [-0.39, 0.29) is 0 Å². The van der Waals surface area contributed by atoms with Crippen LogP contribution >= 0.6 is 0 Å². The number of aromatic nitrogens is 3. The Labute approximate surface area is 296 Å². The molecule has 3 heterocycles. The molecule has 0 saturated heterocycles. The number of allylic oxidation sites excluding steroid dienone is 2. The van der Waals surface area contributed by atoms with E-state index in [4.69, 9.17) is 15.0 Å². The van der Waals surface area contributed by atoms with Gasteiger partial charge in [0.1, 0.15) is 0 Å². The number of hydrogen-bond donors (Lipinski definition) is 0. The van der Waals surface area contributed by atoms with E-state index in [0.717, 1.165) is 94.1 Å². The summed E-state index contributed by atoms with van der Waals surface area (Å²) in [6, 6.07) is 55.0. The smallest absolute Gasteiger partial charge is 0.0972 e. The van der Waals surface area contributed by atoms with Crippen molar-refractivity contribution >= 4 is 55.1 Å². The summed E-state index contributed by atoms with van der Waals surface area (Å²) in [5, 5.41) is 5.59. The molecule has 3 nitrogen and oxygen atoms in total. The summed E-state index contributed by atoms with van der Waals surface area (Å²) >= 11 is 0. The van der Waals surface area contributed by atoms with Crippen molar-refractivity contribution in [2.75, 3.05) is 0 Å². The van der Waals surface area contributed by atoms with Gasteiger partial charge in [0, 0.05) is 32.8 Å². The second kappa shape index (κ2) is 12.6. The van der Waals surface area contributed by atoms with Gasteiger partial charge in [-0.2, -0.15) is 0 Å². The Hall–Kier alpha value is -6.71. The molecule has 0 fully saturated rings. The van der Waals surface area contributed by atoms with Crippen LogP contribution in [-0.2, 0) is 0 Å². The Bertz CT molecular complexity index is 2820. The van der Waals surface area contributed by atoms with E-state index in [0.29, 0.717) is 0 Å². The fourth-order valence-electron chi connectivity index (χ4n) is 6.89. The Morgan fingerprint density at radius 3 is 1.53 bits per heavy atom. The standard InChI is InChI=1S/C48H33N3/c1-31(33-9-5-3-6-10-33)13-14-34-15-18-37-23-27-44(49-46(37)32(34)2)40-21-16-35-17-22-41(30-42(35)29-40)45-28-25-39-20-19-38-24-26-43(36-11-7-4-8-12-36)50-47(38)48(39)51-45/h3-30H,1H2,2H3/b14-13-. The molecule has 0 N–H and O–H groups in total. The molecule has 3 heteroatoms. The van der Waals surface area contributed by atoms with Gasteiger partial charge >= 0.3 is 0 Å². The van der Waals surface area contributed by atoms with Gasteiger partial charge in [0.15, 0.2) is 0 Å². The zero-order valence-corrected chi connectivity index (χ0v) is 28.2. The van der Waals surface area contributed by atoms with Crippen LogP contribution < -0.4 is 0 Å². The molecule has 6 aromatic carbocycles. The minimum Gasteiger partial charge on any atom is -0.247 e. The third kappa shape index (κ3) is 5.75. The predicted molar refractivity (Wildman–Crippen MR) is 215 cm³/mol. The molecule has 0 atom stereocenters. The predicted octanol–water partition coefficient (Wildman–Crippen LogP) is 12.5. The maximum atomic E-state index is 5.21. The van der Waals surface area contributed by atoms with Crippen LogP contribution in [0.4, 0.5) is 0 Å². The van der Waals surface area contributed by atoms with Crippen molar-refractivity contribution in [1.29, 1.82) is 0 Å². The van der Waals surface area contributed by atoms with Gasteiger partial charge in [-0.1, -0.05) is 146 Å². The van der Waals surface area contributed by atoms with Crippen LogP contribution in [0, 0.1) is 6.92 Å². The van der Waals surface area contributed by atoms with Gasteiger partial charge in [0.2, 0.25) is 0 Å². The third-order valence-corrected chi connectivity index (χ3v) is 9.79. The fraction of sp³-hybridized carbons (Fsp3) is 0.0208. The number of nitrogens with zero attached hydrogens (tertiary/aromatic N) is 3. The Morgan fingerprint density at radius 1 is 0.451 bits per heavy atom. The van der Waals surface area contributed by atoms with Crippen LogP contribution in [0.25, 0.3) is 88.9 Å². The highest BCUT2D eigenvalue weighted by Crippen LogP contribution is 2.32. The highest BCUT2D eigenvalue weighted by atomic mass is 14.8. The lowest BCUT2D eigenvalue weighted by molar-refractivity contribution is 1.35. The zero-order chi connectivity index (χ0) is 34.3. The monoisotopic (exact) mass is 651 g/mol. The fourth-order valence-corrected chi connectivity index (χ4v) is 6.89. The molecule has 0 bridgehead atoms. The third-order valence-electron chi connectivity index (χ3n) is 9.79. The molecule has 0 amide bonds. The second-order valence-corrected chi connectivity index (χ2v) is 13.0. The number of benzene rings is 6. The summed E-state index contributed by atoms with van der Waals surface area (Å²) in [6.45, 7) is 6.41. The number of pyridine rings is 3. The first-order valence-corrected chi connectivity index (χ1v) is 17.2. The Kier molecular flexibility index (Phi) is 7.52. The zero-order valence-electron chi connectivity index (χ0n) is 28.2. The van der Waals surface area contributed by atoms with Crippen LogP contribution in [0.5, 0.6) is 0 Å². The SMILES string of the molecule is C=C(/C=C\c1ccc2ccc(-c3ccc4ccc(-c5ccc6ccc7ccc(-c8ccccc8)nc7c6n5)cc4c3)nc2c1C)c1ccccc1. The van der Waals surface area contributed by atoms with Crippen LogP contribution in [-0.4, -0.2) is 15.0 Å². The van der Waals surface area contributed by atoms with E-state index in [2.05, 4.69) is 147 Å². The first-order chi connectivity index (χ1) is 25.1. The number of aryl methyl sites for hydroxylation is 1. The first kappa shape index (κ1) is 30.4. The molecule has 0 aliphatic carbocycles. The Morgan fingerprint density at radius 2 is 0.922 bits per heavy atom. The van der Waals surface area contributed by atoms with E-state index in [1.54, 1.807) is 0 Å². The van der Waals surface area contributed by atoms with Gasteiger partial charge in [-0.25, -0.2) is 15.0 Å². The minimum atomic E-state index is 0.908. The highest BCUT2D eigenvalue weighted by Gasteiger charge is 2.11. The molecule has 0 unspecified atom stereocenters. The summed E-state index contributed by atoms with van der Waals surface area (Å²) in [6.07, 6.45) is 4.22. The van der Waals surface area contributed by atoms with Gasteiger partial charge in [0.05, 0.1) is 33.6 Å². The number of fused-ring (bicyclic) bond motifs is 5. The molecule has 51 heavy (non-hydrogen) atoms. The van der Waals surface area contributed by atoms with Gasteiger partial charge in [-0.3, -0.25) is 0 Å². The molecule has 240 valence electrons. The van der Waals surface area contributed by atoms with Gasteiger partial charge in [0.25, 0.3) is 0 Å². The minimum absolute atomic E-state index is 0.908. The summed E-state index contributed by atoms with van der Waals surface area (Å²) in [7, 11) is 0. The number of rotatable bonds is 6. The molecular weight excluding hydrogens is 619 g/mol. The average molecular weight is 652 g/mol. The lowest BCUT2D eigenvalue weighted by Gasteiger charge is -2.10. The van der Waals surface area contributed by atoms with Crippen LogP contribution in [0.1, 0.15) is 16.7 Å². The summed E-state index contributed by atoms with van der Waals surface area (Å²) in [5.74, 6) is 0.